The second-order valence-corrected chi connectivity index (χ2v) is 3.52. The summed E-state index contributed by atoms with van der Waals surface area (Å²) in [7, 11) is 3.53. The highest BCUT2D eigenvalue weighted by Gasteiger charge is 2.29. The summed E-state index contributed by atoms with van der Waals surface area (Å²) < 4.78 is 10.7. The fraction of sp³-hybridized carbons (Fsp3) is 0.900. The molecule has 1 rings (SSSR count). The van der Waals surface area contributed by atoms with Crippen molar-refractivity contribution in [1.82, 2.24) is 0 Å². The summed E-state index contributed by atoms with van der Waals surface area (Å²) in [5, 5.41) is 0. The van der Waals surface area contributed by atoms with Crippen LogP contribution in [0.1, 0.15) is 25.7 Å². The lowest BCUT2D eigenvalue weighted by Crippen LogP contribution is -2.36. The van der Waals surface area contributed by atoms with Crippen LogP contribution in [0, 0.1) is 12.8 Å². The van der Waals surface area contributed by atoms with E-state index in [0.717, 1.165) is 25.2 Å². The molecule has 0 aromatic rings. The van der Waals surface area contributed by atoms with Gasteiger partial charge in [-0.1, -0.05) is 13.3 Å². The fourth-order valence-corrected chi connectivity index (χ4v) is 1.96. The van der Waals surface area contributed by atoms with Crippen molar-refractivity contribution in [1.29, 1.82) is 0 Å². The second-order valence-electron chi connectivity index (χ2n) is 3.52. The van der Waals surface area contributed by atoms with E-state index < -0.39 is 0 Å². The van der Waals surface area contributed by atoms with Crippen LogP contribution in [0.4, 0.5) is 0 Å². The zero-order valence-corrected chi connectivity index (χ0v) is 8.08. The van der Waals surface area contributed by atoms with E-state index in [2.05, 4.69) is 6.92 Å². The van der Waals surface area contributed by atoms with E-state index in [1.807, 2.05) is 0 Å². The van der Waals surface area contributed by atoms with Crippen molar-refractivity contribution < 1.29 is 9.47 Å². The van der Waals surface area contributed by atoms with E-state index in [-0.39, 0.29) is 6.10 Å². The van der Waals surface area contributed by atoms with E-state index in [1.165, 1.54) is 6.42 Å². The fourth-order valence-electron chi connectivity index (χ4n) is 1.96. The van der Waals surface area contributed by atoms with Crippen molar-refractivity contribution in [3.05, 3.63) is 6.92 Å². The Labute approximate surface area is 75.2 Å². The Morgan fingerprint density at radius 3 is 2.33 bits per heavy atom. The number of hydrogen-bond donors (Lipinski definition) is 0. The van der Waals surface area contributed by atoms with Crippen molar-refractivity contribution in [2.24, 2.45) is 5.92 Å². The molecule has 71 valence electrons. The molecule has 0 spiro atoms. The average Bonchev–Trinajstić information content (AvgIpc) is 2.16. The third-order valence-electron chi connectivity index (χ3n) is 2.85. The Morgan fingerprint density at radius 1 is 1.17 bits per heavy atom. The number of methoxy groups -OCH3 is 2. The highest BCUT2D eigenvalue weighted by Crippen LogP contribution is 2.29. The Morgan fingerprint density at radius 2 is 1.83 bits per heavy atom. The summed E-state index contributed by atoms with van der Waals surface area (Å²) in [6.07, 6.45) is 5.08. The van der Waals surface area contributed by atoms with Gasteiger partial charge in [0.1, 0.15) is 0 Å². The van der Waals surface area contributed by atoms with E-state index in [0.29, 0.717) is 6.10 Å². The molecule has 3 unspecified atom stereocenters. The largest absolute Gasteiger partial charge is 0.379 e. The van der Waals surface area contributed by atoms with Crippen LogP contribution in [-0.2, 0) is 9.47 Å². The smallest absolute Gasteiger partial charge is 0.0835 e. The maximum Gasteiger partial charge on any atom is 0.0835 e. The summed E-state index contributed by atoms with van der Waals surface area (Å²) in [5.41, 5.74) is 0. The van der Waals surface area contributed by atoms with Crippen LogP contribution in [0.15, 0.2) is 0 Å². The van der Waals surface area contributed by atoms with Gasteiger partial charge >= 0.3 is 0 Å². The Bertz CT molecular complexity index is 125. The molecule has 3 atom stereocenters. The minimum Gasteiger partial charge on any atom is -0.379 e. The second kappa shape index (κ2) is 4.83. The molecule has 1 aliphatic rings. The lowest BCUT2D eigenvalue weighted by atomic mass is 9.84. The molecule has 0 bridgehead atoms. The third kappa shape index (κ3) is 2.20. The summed E-state index contributed by atoms with van der Waals surface area (Å²) in [6, 6.07) is 0. The lowest BCUT2D eigenvalue weighted by molar-refractivity contribution is -0.0700. The number of hydrogen-bond acceptors (Lipinski definition) is 2. The first-order valence-corrected chi connectivity index (χ1v) is 4.66. The summed E-state index contributed by atoms with van der Waals surface area (Å²) in [5.74, 6) is 0.737. The van der Waals surface area contributed by atoms with Gasteiger partial charge in [-0.15, -0.1) is 0 Å². The van der Waals surface area contributed by atoms with E-state index in [1.54, 1.807) is 14.2 Å². The molecule has 0 heterocycles. The highest BCUT2D eigenvalue weighted by molar-refractivity contribution is 4.81. The predicted octanol–water partition coefficient (Wildman–Crippen LogP) is 2.04. The molecule has 0 amide bonds. The monoisotopic (exact) mass is 171 g/mol. The standard InChI is InChI=1S/C10H19O2/c1-4-8-5-6-9(11-2)10(7-8)12-3/h8-10H,1,4-7H2,2-3H3. The van der Waals surface area contributed by atoms with Gasteiger partial charge in [0.2, 0.25) is 0 Å². The van der Waals surface area contributed by atoms with Gasteiger partial charge in [0.25, 0.3) is 0 Å². The normalized spacial score (nSPS) is 36.8. The molecule has 2 nitrogen and oxygen atoms in total. The Balaban J connectivity index is 2.41. The molecule has 0 aromatic carbocycles. The molecular weight excluding hydrogens is 152 g/mol. The first kappa shape index (κ1) is 10.0. The Hall–Kier alpha value is -0.0800. The van der Waals surface area contributed by atoms with Crippen molar-refractivity contribution >= 4 is 0 Å². The molecule has 0 aromatic heterocycles. The van der Waals surface area contributed by atoms with E-state index in [4.69, 9.17) is 9.47 Å². The van der Waals surface area contributed by atoms with Crippen molar-refractivity contribution in [3.8, 4) is 0 Å². The Kier molecular flexibility index (Phi) is 4.02. The minimum atomic E-state index is 0.287. The zero-order valence-electron chi connectivity index (χ0n) is 8.08. The quantitative estimate of drug-likeness (QED) is 0.647. The zero-order chi connectivity index (χ0) is 8.97. The van der Waals surface area contributed by atoms with Gasteiger partial charge in [0, 0.05) is 14.2 Å². The summed E-state index contributed by atoms with van der Waals surface area (Å²) in [4.78, 5) is 0. The molecule has 0 aliphatic heterocycles. The van der Waals surface area contributed by atoms with Gasteiger partial charge in [-0.3, -0.25) is 0 Å². The van der Waals surface area contributed by atoms with Gasteiger partial charge in [-0.25, -0.2) is 0 Å². The topological polar surface area (TPSA) is 18.5 Å². The molecule has 0 N–H and O–H groups in total. The number of rotatable bonds is 3. The van der Waals surface area contributed by atoms with Crippen molar-refractivity contribution in [2.75, 3.05) is 14.2 Å². The summed E-state index contributed by atoms with van der Waals surface area (Å²) >= 11 is 0. The van der Waals surface area contributed by atoms with Gasteiger partial charge < -0.3 is 9.47 Å². The minimum absolute atomic E-state index is 0.287. The predicted molar refractivity (Wildman–Crippen MR) is 48.9 cm³/mol. The molecule has 12 heavy (non-hydrogen) atoms. The van der Waals surface area contributed by atoms with Crippen LogP contribution >= 0.6 is 0 Å². The molecule has 1 saturated carbocycles. The molecule has 1 radical (unpaired) electrons. The van der Waals surface area contributed by atoms with Crippen LogP contribution in [0.5, 0.6) is 0 Å². The first-order chi connectivity index (χ1) is 5.81. The highest BCUT2D eigenvalue weighted by atomic mass is 16.5. The van der Waals surface area contributed by atoms with E-state index in [9.17, 15) is 0 Å². The molecular formula is C10H19O2. The SMILES string of the molecule is [CH2]CC1CCC(OC)C(OC)C1. The van der Waals surface area contributed by atoms with E-state index >= 15 is 0 Å². The van der Waals surface area contributed by atoms with Gasteiger partial charge in [0.05, 0.1) is 12.2 Å². The average molecular weight is 171 g/mol. The molecule has 1 fully saturated rings. The van der Waals surface area contributed by atoms with Crippen LogP contribution in [0.2, 0.25) is 0 Å². The van der Waals surface area contributed by atoms with Crippen LogP contribution in [0.3, 0.4) is 0 Å². The summed E-state index contributed by atoms with van der Waals surface area (Å²) in [6.45, 7) is 3.93. The lowest BCUT2D eigenvalue weighted by Gasteiger charge is -2.33. The number of ether oxygens (including phenoxy) is 2. The van der Waals surface area contributed by atoms with Crippen molar-refractivity contribution in [3.63, 3.8) is 0 Å². The maximum atomic E-state index is 5.37. The van der Waals surface area contributed by atoms with Crippen molar-refractivity contribution in [2.45, 2.75) is 37.9 Å². The van der Waals surface area contributed by atoms with Gasteiger partial charge in [-0.05, 0) is 25.2 Å². The van der Waals surface area contributed by atoms with Crippen LogP contribution in [-0.4, -0.2) is 26.4 Å². The third-order valence-corrected chi connectivity index (χ3v) is 2.85. The maximum absolute atomic E-state index is 5.37. The van der Waals surface area contributed by atoms with Crippen LogP contribution in [0.25, 0.3) is 0 Å². The van der Waals surface area contributed by atoms with Gasteiger partial charge in [-0.2, -0.15) is 0 Å². The first-order valence-electron chi connectivity index (χ1n) is 4.66. The van der Waals surface area contributed by atoms with Gasteiger partial charge in [0.15, 0.2) is 0 Å². The van der Waals surface area contributed by atoms with Crippen LogP contribution < -0.4 is 0 Å². The molecule has 0 saturated heterocycles. The molecule has 1 aliphatic carbocycles. The molecule has 2 heteroatoms.